The lowest BCUT2D eigenvalue weighted by Gasteiger charge is -2.16. The highest BCUT2D eigenvalue weighted by Gasteiger charge is 2.30. The molecule has 0 amide bonds. The lowest BCUT2D eigenvalue weighted by atomic mass is 10.1. The van der Waals surface area contributed by atoms with Gasteiger partial charge in [0.05, 0.1) is 6.54 Å². The predicted molar refractivity (Wildman–Crippen MR) is 150 cm³/mol. The fourth-order valence-electron chi connectivity index (χ4n) is 4.74. The Morgan fingerprint density at radius 3 is 2.39 bits per heavy atom. The standard InChI is InChI=1S/C30H29BrN4O/c1-3-33(4-2)20-21-34-25-12-8-9-13-26(25)35-29(27(36)19-16-22-14-17-24(31)18-15-22)28(32-30(34)35)23-10-6-5-7-11-23/h5-19H,3-4,20-21H2,1-2H3/p+1/b19-16+. The highest BCUT2D eigenvalue weighted by molar-refractivity contribution is 9.10. The molecule has 0 spiro atoms. The SMILES string of the molecule is CCN(CC)CC[n+]1c2ccccc2n2c(C(=O)/C=C/c3ccc(Br)cc3)c(-c3ccccc3)[nH]c21. The number of allylic oxidation sites excluding steroid dienone is 1. The van der Waals surface area contributed by atoms with E-state index in [0.29, 0.717) is 5.69 Å². The van der Waals surface area contributed by atoms with E-state index in [9.17, 15) is 4.79 Å². The van der Waals surface area contributed by atoms with Crippen LogP contribution < -0.4 is 4.57 Å². The number of ketones is 1. The summed E-state index contributed by atoms with van der Waals surface area (Å²) in [5.41, 5.74) is 5.57. The van der Waals surface area contributed by atoms with Crippen molar-refractivity contribution in [1.82, 2.24) is 14.3 Å². The van der Waals surface area contributed by atoms with Crippen molar-refractivity contribution >= 4 is 44.6 Å². The number of nitrogens with one attached hydrogen (secondary N) is 1. The second-order valence-electron chi connectivity index (χ2n) is 8.79. The maximum atomic E-state index is 13.8. The van der Waals surface area contributed by atoms with Gasteiger partial charge in [0.15, 0.2) is 5.69 Å². The summed E-state index contributed by atoms with van der Waals surface area (Å²) in [6, 6.07) is 26.3. The van der Waals surface area contributed by atoms with Crippen molar-refractivity contribution in [2.45, 2.75) is 20.4 Å². The number of H-pyrrole nitrogens is 1. The van der Waals surface area contributed by atoms with Gasteiger partial charge in [0.25, 0.3) is 0 Å². The fourth-order valence-corrected chi connectivity index (χ4v) is 5.01. The van der Waals surface area contributed by atoms with E-state index in [4.69, 9.17) is 0 Å². The van der Waals surface area contributed by atoms with Gasteiger partial charge in [0.1, 0.15) is 16.7 Å². The van der Waals surface area contributed by atoms with Crippen LogP contribution in [0, 0.1) is 0 Å². The third-order valence-corrected chi connectivity index (χ3v) is 7.23. The molecule has 6 heteroatoms. The molecular formula is C30H30BrN4O+. The number of hydrogen-bond acceptors (Lipinski definition) is 2. The first-order valence-electron chi connectivity index (χ1n) is 12.4. The van der Waals surface area contributed by atoms with E-state index in [1.165, 1.54) is 0 Å². The summed E-state index contributed by atoms with van der Waals surface area (Å²) in [6.45, 7) is 8.17. The van der Waals surface area contributed by atoms with Crippen molar-refractivity contribution in [2.75, 3.05) is 19.6 Å². The number of benzene rings is 3. The number of nitrogens with zero attached hydrogens (tertiary/aromatic N) is 3. The first kappa shape index (κ1) is 24.2. The smallest absolute Gasteiger partial charge is 0.301 e. The van der Waals surface area contributed by atoms with E-state index in [1.807, 2.05) is 66.7 Å². The molecule has 0 aliphatic carbocycles. The van der Waals surface area contributed by atoms with Crippen LogP contribution in [0.1, 0.15) is 29.9 Å². The Morgan fingerprint density at radius 1 is 0.972 bits per heavy atom. The summed E-state index contributed by atoms with van der Waals surface area (Å²) in [5.74, 6) is 0.877. The molecule has 2 heterocycles. The number of halogens is 1. The first-order valence-corrected chi connectivity index (χ1v) is 13.2. The summed E-state index contributed by atoms with van der Waals surface area (Å²) in [6.07, 6.45) is 3.55. The molecular weight excluding hydrogens is 512 g/mol. The van der Waals surface area contributed by atoms with Crippen molar-refractivity contribution in [1.29, 1.82) is 0 Å². The highest BCUT2D eigenvalue weighted by atomic mass is 79.9. The van der Waals surface area contributed by atoms with Crippen LogP contribution in [-0.4, -0.2) is 39.7 Å². The lowest BCUT2D eigenvalue weighted by Crippen LogP contribution is -2.40. The van der Waals surface area contributed by atoms with Gasteiger partial charge in [-0.1, -0.05) is 90.5 Å². The Hall–Kier alpha value is -3.48. The number of aromatic nitrogens is 3. The molecule has 5 rings (SSSR count). The van der Waals surface area contributed by atoms with Crippen LogP contribution >= 0.6 is 15.9 Å². The highest BCUT2D eigenvalue weighted by Crippen LogP contribution is 2.28. The van der Waals surface area contributed by atoms with E-state index in [1.54, 1.807) is 6.08 Å². The number of rotatable bonds is 9. The molecule has 0 atom stereocenters. The van der Waals surface area contributed by atoms with Crippen LogP contribution in [0.2, 0.25) is 0 Å². The summed E-state index contributed by atoms with van der Waals surface area (Å²) >= 11 is 3.47. The van der Waals surface area contributed by atoms with Crippen molar-refractivity contribution in [2.24, 2.45) is 0 Å². The zero-order valence-corrected chi connectivity index (χ0v) is 22.2. The number of carbonyl (C=O) groups excluding carboxylic acids is 1. The Kier molecular flexibility index (Phi) is 7.16. The lowest BCUT2D eigenvalue weighted by molar-refractivity contribution is -0.647. The van der Waals surface area contributed by atoms with Gasteiger partial charge in [-0.3, -0.25) is 4.79 Å². The van der Waals surface area contributed by atoms with Crippen molar-refractivity contribution in [3.8, 4) is 11.3 Å². The van der Waals surface area contributed by atoms with Crippen molar-refractivity contribution in [3.05, 3.63) is 101 Å². The maximum absolute atomic E-state index is 13.8. The third kappa shape index (κ3) is 4.66. The molecule has 0 aliphatic rings. The van der Waals surface area contributed by atoms with Crippen molar-refractivity contribution < 1.29 is 9.36 Å². The van der Waals surface area contributed by atoms with Gasteiger partial charge in [-0.15, -0.1) is 0 Å². The predicted octanol–water partition coefficient (Wildman–Crippen LogP) is 6.38. The van der Waals surface area contributed by atoms with Gasteiger partial charge in [-0.25, -0.2) is 9.55 Å². The summed E-state index contributed by atoms with van der Waals surface area (Å²) in [4.78, 5) is 19.9. The van der Waals surface area contributed by atoms with Gasteiger partial charge in [0.2, 0.25) is 5.78 Å². The van der Waals surface area contributed by atoms with E-state index in [-0.39, 0.29) is 5.78 Å². The van der Waals surface area contributed by atoms with Crippen molar-refractivity contribution in [3.63, 3.8) is 0 Å². The normalized spacial score (nSPS) is 11.9. The summed E-state index contributed by atoms with van der Waals surface area (Å²) < 4.78 is 5.40. The number of para-hydroxylation sites is 2. The number of carbonyl (C=O) groups is 1. The average Bonchev–Trinajstić information content (AvgIpc) is 3.45. The topological polar surface area (TPSA) is 44.4 Å². The molecule has 0 saturated heterocycles. The van der Waals surface area contributed by atoms with Gasteiger partial charge >= 0.3 is 5.78 Å². The zero-order valence-electron chi connectivity index (χ0n) is 20.6. The number of likely N-dealkylation sites (N-methyl/N-ethyl adjacent to an activating group) is 1. The minimum Gasteiger partial charge on any atom is -0.301 e. The zero-order chi connectivity index (χ0) is 25.1. The van der Waals surface area contributed by atoms with E-state index < -0.39 is 0 Å². The summed E-state index contributed by atoms with van der Waals surface area (Å²) in [7, 11) is 0. The minimum absolute atomic E-state index is 0.0420. The maximum Gasteiger partial charge on any atom is 0.368 e. The Morgan fingerprint density at radius 2 is 1.67 bits per heavy atom. The first-order chi connectivity index (χ1) is 17.6. The number of aromatic amines is 1. The molecule has 5 nitrogen and oxygen atoms in total. The molecule has 36 heavy (non-hydrogen) atoms. The quantitative estimate of drug-likeness (QED) is 0.134. The van der Waals surface area contributed by atoms with Crippen LogP contribution in [0.25, 0.3) is 34.1 Å². The molecule has 5 aromatic rings. The third-order valence-electron chi connectivity index (χ3n) is 6.71. The molecule has 2 aromatic heterocycles. The molecule has 0 fully saturated rings. The second kappa shape index (κ2) is 10.6. The van der Waals surface area contributed by atoms with Crippen LogP contribution in [0.3, 0.4) is 0 Å². The molecule has 0 radical (unpaired) electrons. The second-order valence-corrected chi connectivity index (χ2v) is 9.71. The molecule has 3 aromatic carbocycles. The van der Waals surface area contributed by atoms with Gasteiger partial charge in [0, 0.05) is 16.6 Å². The van der Waals surface area contributed by atoms with Gasteiger partial charge < -0.3 is 4.90 Å². The average molecular weight is 543 g/mol. The van der Waals surface area contributed by atoms with Crippen LogP contribution in [-0.2, 0) is 6.54 Å². The number of fused-ring (bicyclic) bond motifs is 3. The monoisotopic (exact) mass is 541 g/mol. The van der Waals surface area contributed by atoms with E-state index in [2.05, 4.69) is 66.8 Å². The molecule has 182 valence electrons. The van der Waals surface area contributed by atoms with Gasteiger partial charge in [-0.05, 0) is 49.0 Å². The van der Waals surface area contributed by atoms with Crippen LogP contribution in [0.5, 0.6) is 0 Å². The number of imidazole rings is 2. The fraction of sp³-hybridized carbons (Fsp3) is 0.200. The number of hydrogen-bond donors (Lipinski definition) is 1. The van der Waals surface area contributed by atoms with Crippen LogP contribution in [0.15, 0.2) is 89.4 Å². The molecule has 0 unspecified atom stereocenters. The Bertz CT molecular complexity index is 1530. The molecule has 0 aliphatic heterocycles. The Balaban J connectivity index is 1.68. The molecule has 0 saturated carbocycles. The largest absolute Gasteiger partial charge is 0.368 e. The minimum atomic E-state index is -0.0420. The molecule has 0 bridgehead atoms. The molecule has 1 N–H and O–H groups in total. The van der Waals surface area contributed by atoms with E-state index >= 15 is 0 Å². The van der Waals surface area contributed by atoms with Crippen LogP contribution in [0.4, 0.5) is 0 Å². The summed E-state index contributed by atoms with van der Waals surface area (Å²) in [5, 5.41) is 0. The van der Waals surface area contributed by atoms with Gasteiger partial charge in [-0.2, -0.15) is 4.40 Å². The van der Waals surface area contributed by atoms with E-state index in [0.717, 1.165) is 64.3 Å². The Labute approximate surface area is 219 Å².